The topological polar surface area (TPSA) is 80.4 Å². The molecule has 0 radical (unpaired) electrons. The Kier molecular flexibility index (Phi) is 4.45. The molecule has 0 saturated heterocycles. The van der Waals surface area contributed by atoms with Crippen LogP contribution >= 0.6 is 0 Å². The van der Waals surface area contributed by atoms with E-state index in [-0.39, 0.29) is 11.8 Å². The molecule has 0 bridgehead atoms. The molecule has 2 aromatic rings. The predicted molar refractivity (Wildman–Crippen MR) is 83.7 cm³/mol. The van der Waals surface area contributed by atoms with Crippen LogP contribution in [0.3, 0.4) is 0 Å². The van der Waals surface area contributed by atoms with Crippen LogP contribution in [0.15, 0.2) is 28.9 Å². The molecular formula is C16H20N4O3. The SMILES string of the molecule is Cc1cc2n(n1)CCC(=O)N2CCCC(=O)NCc1ccco1. The highest BCUT2D eigenvalue weighted by Gasteiger charge is 2.25. The molecule has 1 aliphatic rings. The molecule has 1 aliphatic heterocycles. The van der Waals surface area contributed by atoms with Gasteiger partial charge in [0.1, 0.15) is 11.6 Å². The Morgan fingerprint density at radius 2 is 2.35 bits per heavy atom. The molecule has 3 heterocycles. The van der Waals surface area contributed by atoms with E-state index in [4.69, 9.17) is 4.42 Å². The molecule has 2 amide bonds. The third-order valence-corrected chi connectivity index (χ3v) is 3.82. The Morgan fingerprint density at radius 3 is 3.13 bits per heavy atom. The number of fused-ring (bicyclic) bond motifs is 1. The van der Waals surface area contributed by atoms with Crippen molar-refractivity contribution in [2.24, 2.45) is 0 Å². The minimum Gasteiger partial charge on any atom is -0.467 e. The van der Waals surface area contributed by atoms with Crippen molar-refractivity contribution in [2.45, 2.75) is 39.3 Å². The standard InChI is InChI=1S/C16H20N4O3/c1-12-10-15-19(16(22)6-8-20(15)18-12)7-2-5-14(21)17-11-13-4-3-9-23-13/h3-4,9-10H,2,5-8,11H2,1H3,(H,17,21). The summed E-state index contributed by atoms with van der Waals surface area (Å²) in [5, 5.41) is 7.17. The molecule has 3 rings (SSSR count). The molecule has 0 unspecified atom stereocenters. The third kappa shape index (κ3) is 3.61. The molecular weight excluding hydrogens is 296 g/mol. The lowest BCUT2D eigenvalue weighted by Crippen LogP contribution is -2.38. The Balaban J connectivity index is 1.48. The fourth-order valence-corrected chi connectivity index (χ4v) is 2.70. The summed E-state index contributed by atoms with van der Waals surface area (Å²) in [4.78, 5) is 25.7. The molecule has 1 N–H and O–H groups in total. The van der Waals surface area contributed by atoms with Crippen LogP contribution in [-0.4, -0.2) is 28.1 Å². The van der Waals surface area contributed by atoms with Crippen molar-refractivity contribution in [3.05, 3.63) is 35.9 Å². The highest BCUT2D eigenvalue weighted by Crippen LogP contribution is 2.22. The molecule has 0 fully saturated rings. The van der Waals surface area contributed by atoms with E-state index >= 15 is 0 Å². The predicted octanol–water partition coefficient (Wildman–Crippen LogP) is 1.62. The summed E-state index contributed by atoms with van der Waals surface area (Å²) in [6, 6.07) is 5.51. The number of nitrogens with one attached hydrogen (secondary N) is 1. The number of aryl methyl sites for hydroxylation is 2. The van der Waals surface area contributed by atoms with Crippen LogP contribution in [0, 0.1) is 6.92 Å². The molecule has 7 nitrogen and oxygen atoms in total. The summed E-state index contributed by atoms with van der Waals surface area (Å²) in [6.07, 6.45) is 3.02. The average Bonchev–Trinajstić information content (AvgIpc) is 3.16. The van der Waals surface area contributed by atoms with E-state index in [2.05, 4.69) is 10.4 Å². The number of hydrogen-bond donors (Lipinski definition) is 1. The average molecular weight is 316 g/mol. The fourth-order valence-electron chi connectivity index (χ4n) is 2.70. The first-order chi connectivity index (χ1) is 11.1. The van der Waals surface area contributed by atoms with Crippen LogP contribution in [0.2, 0.25) is 0 Å². The number of carbonyl (C=O) groups is 2. The number of rotatable bonds is 6. The first kappa shape index (κ1) is 15.3. The van der Waals surface area contributed by atoms with Gasteiger partial charge in [0.2, 0.25) is 11.8 Å². The van der Waals surface area contributed by atoms with Gasteiger partial charge in [-0.1, -0.05) is 0 Å². The molecule has 0 atom stereocenters. The number of carbonyl (C=O) groups excluding carboxylic acids is 2. The van der Waals surface area contributed by atoms with Crippen molar-refractivity contribution in [2.75, 3.05) is 11.4 Å². The van der Waals surface area contributed by atoms with Crippen LogP contribution in [0.4, 0.5) is 5.82 Å². The van der Waals surface area contributed by atoms with Gasteiger partial charge in [0.25, 0.3) is 0 Å². The maximum absolute atomic E-state index is 12.1. The van der Waals surface area contributed by atoms with E-state index in [0.717, 1.165) is 17.3 Å². The lowest BCUT2D eigenvalue weighted by molar-refractivity contribution is -0.122. The summed E-state index contributed by atoms with van der Waals surface area (Å²) in [5.74, 6) is 1.60. The largest absolute Gasteiger partial charge is 0.467 e. The van der Waals surface area contributed by atoms with Gasteiger partial charge in [0.15, 0.2) is 0 Å². The number of furan rings is 1. The molecule has 0 aromatic carbocycles. The van der Waals surface area contributed by atoms with Gasteiger partial charge in [0.05, 0.1) is 25.0 Å². The number of aromatic nitrogens is 2. The van der Waals surface area contributed by atoms with Gasteiger partial charge in [0, 0.05) is 25.5 Å². The third-order valence-electron chi connectivity index (χ3n) is 3.82. The van der Waals surface area contributed by atoms with Crippen molar-refractivity contribution in [1.29, 1.82) is 0 Å². The van der Waals surface area contributed by atoms with Gasteiger partial charge in [-0.15, -0.1) is 0 Å². The molecule has 0 saturated carbocycles. The smallest absolute Gasteiger partial charge is 0.229 e. The zero-order valence-electron chi connectivity index (χ0n) is 13.1. The molecule has 23 heavy (non-hydrogen) atoms. The second kappa shape index (κ2) is 6.68. The van der Waals surface area contributed by atoms with Crippen molar-refractivity contribution in [3.8, 4) is 0 Å². The van der Waals surface area contributed by atoms with Crippen LogP contribution < -0.4 is 10.2 Å². The van der Waals surface area contributed by atoms with Gasteiger partial charge >= 0.3 is 0 Å². The van der Waals surface area contributed by atoms with Gasteiger partial charge in [-0.25, -0.2) is 4.68 Å². The lowest BCUT2D eigenvalue weighted by Gasteiger charge is -2.27. The van der Waals surface area contributed by atoms with Gasteiger partial charge in [-0.3, -0.25) is 14.5 Å². The highest BCUT2D eigenvalue weighted by atomic mass is 16.3. The van der Waals surface area contributed by atoms with Crippen LogP contribution in [0.5, 0.6) is 0 Å². The normalized spacial score (nSPS) is 14.0. The first-order valence-electron chi connectivity index (χ1n) is 7.77. The van der Waals surface area contributed by atoms with Crippen LogP contribution in [0.25, 0.3) is 0 Å². The maximum atomic E-state index is 12.1. The van der Waals surface area contributed by atoms with Crippen LogP contribution in [-0.2, 0) is 22.7 Å². The lowest BCUT2D eigenvalue weighted by atomic mass is 10.2. The number of nitrogens with zero attached hydrogens (tertiary/aromatic N) is 3. The second-order valence-electron chi connectivity index (χ2n) is 5.62. The summed E-state index contributed by atoms with van der Waals surface area (Å²) < 4.78 is 7.02. The minimum atomic E-state index is -0.0458. The van der Waals surface area contributed by atoms with Gasteiger partial charge in [-0.05, 0) is 25.5 Å². The van der Waals surface area contributed by atoms with E-state index in [1.54, 1.807) is 17.2 Å². The molecule has 0 spiro atoms. The number of hydrogen-bond acceptors (Lipinski definition) is 4. The summed E-state index contributed by atoms with van der Waals surface area (Å²) in [7, 11) is 0. The Morgan fingerprint density at radius 1 is 1.48 bits per heavy atom. The van der Waals surface area contributed by atoms with Crippen molar-refractivity contribution >= 4 is 17.6 Å². The molecule has 2 aromatic heterocycles. The monoisotopic (exact) mass is 316 g/mol. The molecule has 0 aliphatic carbocycles. The highest BCUT2D eigenvalue weighted by molar-refractivity contribution is 5.93. The fraction of sp³-hybridized carbons (Fsp3) is 0.438. The zero-order valence-corrected chi connectivity index (χ0v) is 13.1. The van der Waals surface area contributed by atoms with Crippen molar-refractivity contribution < 1.29 is 14.0 Å². The van der Waals surface area contributed by atoms with Crippen molar-refractivity contribution in [3.63, 3.8) is 0 Å². The van der Waals surface area contributed by atoms with Crippen molar-refractivity contribution in [1.82, 2.24) is 15.1 Å². The summed E-state index contributed by atoms with van der Waals surface area (Å²) in [5.41, 5.74) is 0.899. The van der Waals surface area contributed by atoms with Gasteiger partial charge in [-0.2, -0.15) is 5.10 Å². The Bertz CT molecular complexity index is 690. The first-order valence-corrected chi connectivity index (χ1v) is 7.77. The van der Waals surface area contributed by atoms with E-state index in [0.29, 0.717) is 38.9 Å². The number of amides is 2. The van der Waals surface area contributed by atoms with E-state index in [1.807, 2.05) is 23.7 Å². The molecule has 7 heteroatoms. The number of anilines is 1. The molecule has 122 valence electrons. The summed E-state index contributed by atoms with van der Waals surface area (Å²) in [6.45, 7) is 3.46. The van der Waals surface area contributed by atoms with E-state index in [9.17, 15) is 9.59 Å². The zero-order chi connectivity index (χ0) is 16.2. The van der Waals surface area contributed by atoms with E-state index in [1.165, 1.54) is 0 Å². The van der Waals surface area contributed by atoms with E-state index < -0.39 is 0 Å². The maximum Gasteiger partial charge on any atom is 0.229 e. The van der Waals surface area contributed by atoms with Gasteiger partial charge < -0.3 is 9.73 Å². The minimum absolute atomic E-state index is 0.0458. The Hall–Kier alpha value is -2.57. The Labute approximate surface area is 134 Å². The quantitative estimate of drug-likeness (QED) is 0.878. The van der Waals surface area contributed by atoms with Crippen LogP contribution in [0.1, 0.15) is 30.7 Å². The second-order valence-corrected chi connectivity index (χ2v) is 5.62. The summed E-state index contributed by atoms with van der Waals surface area (Å²) >= 11 is 0.